The van der Waals surface area contributed by atoms with Crippen molar-refractivity contribution in [1.82, 2.24) is 14.1 Å². The van der Waals surface area contributed by atoms with Gasteiger partial charge in [0.05, 0.1) is 18.3 Å². The van der Waals surface area contributed by atoms with Gasteiger partial charge in [-0.3, -0.25) is 4.79 Å². The molecule has 128 valence electrons. The molecule has 2 fully saturated rings. The van der Waals surface area contributed by atoms with Gasteiger partial charge in [-0.1, -0.05) is 0 Å². The molecule has 0 bridgehead atoms. The van der Waals surface area contributed by atoms with E-state index in [2.05, 4.69) is 4.90 Å². The standard InChI is InChI=1S/C14H27N3O4S/c1-3-22(19,20)17-8-6-16(7-9-17)14(18)13-4-5-15(12-13)10-11-21-2/h13H,3-12H2,1-2H3/t13-/m1/s1. The summed E-state index contributed by atoms with van der Waals surface area (Å²) in [4.78, 5) is 16.6. The van der Waals surface area contributed by atoms with Crippen LogP contribution in [0.4, 0.5) is 0 Å². The fourth-order valence-electron chi connectivity index (χ4n) is 3.09. The Labute approximate surface area is 133 Å². The van der Waals surface area contributed by atoms with Crippen molar-refractivity contribution in [2.24, 2.45) is 5.92 Å². The lowest BCUT2D eigenvalue weighted by Gasteiger charge is -2.35. The number of likely N-dealkylation sites (tertiary alicyclic amines) is 1. The minimum absolute atomic E-state index is 0.0474. The number of carbonyl (C=O) groups excluding carboxylic acids is 1. The van der Waals surface area contributed by atoms with E-state index in [9.17, 15) is 13.2 Å². The predicted molar refractivity (Wildman–Crippen MR) is 84.0 cm³/mol. The molecule has 2 rings (SSSR count). The zero-order valence-corrected chi connectivity index (χ0v) is 14.3. The number of hydrogen-bond acceptors (Lipinski definition) is 5. The molecule has 2 heterocycles. The summed E-state index contributed by atoms with van der Waals surface area (Å²) in [7, 11) is -1.45. The van der Waals surface area contributed by atoms with Crippen LogP contribution in [-0.4, -0.2) is 93.7 Å². The smallest absolute Gasteiger partial charge is 0.227 e. The lowest BCUT2D eigenvalue weighted by molar-refractivity contribution is -0.136. The number of sulfonamides is 1. The molecule has 0 aromatic heterocycles. The minimum atomic E-state index is -3.14. The van der Waals surface area contributed by atoms with Crippen LogP contribution in [0.3, 0.4) is 0 Å². The molecule has 0 radical (unpaired) electrons. The summed E-state index contributed by atoms with van der Waals surface area (Å²) in [6, 6.07) is 0. The maximum Gasteiger partial charge on any atom is 0.227 e. The van der Waals surface area contributed by atoms with Gasteiger partial charge in [0.1, 0.15) is 0 Å². The van der Waals surface area contributed by atoms with Gasteiger partial charge in [0.15, 0.2) is 0 Å². The van der Waals surface area contributed by atoms with Gasteiger partial charge in [-0.2, -0.15) is 4.31 Å². The van der Waals surface area contributed by atoms with Crippen molar-refractivity contribution in [3.8, 4) is 0 Å². The summed E-state index contributed by atoms with van der Waals surface area (Å²) in [5.41, 5.74) is 0. The monoisotopic (exact) mass is 333 g/mol. The zero-order chi connectivity index (χ0) is 16.2. The number of methoxy groups -OCH3 is 1. The Morgan fingerprint density at radius 1 is 1.18 bits per heavy atom. The van der Waals surface area contributed by atoms with Gasteiger partial charge in [0.2, 0.25) is 15.9 Å². The summed E-state index contributed by atoms with van der Waals surface area (Å²) in [6.45, 7) is 6.78. The first kappa shape index (κ1) is 17.7. The van der Waals surface area contributed by atoms with Crippen molar-refractivity contribution in [2.45, 2.75) is 13.3 Å². The molecular weight excluding hydrogens is 306 g/mol. The topological polar surface area (TPSA) is 70.2 Å². The van der Waals surface area contributed by atoms with Gasteiger partial charge in [0.25, 0.3) is 0 Å². The first-order valence-corrected chi connectivity index (χ1v) is 9.56. The summed E-state index contributed by atoms with van der Waals surface area (Å²) in [5.74, 6) is 0.345. The third kappa shape index (κ3) is 4.18. The van der Waals surface area contributed by atoms with Crippen molar-refractivity contribution in [1.29, 1.82) is 0 Å². The van der Waals surface area contributed by atoms with E-state index in [-0.39, 0.29) is 17.6 Å². The van der Waals surface area contributed by atoms with Gasteiger partial charge in [-0.15, -0.1) is 0 Å². The molecule has 0 aromatic rings. The second-order valence-corrected chi connectivity index (χ2v) is 8.16. The first-order valence-electron chi connectivity index (χ1n) is 7.96. The van der Waals surface area contributed by atoms with Crippen LogP contribution in [0.15, 0.2) is 0 Å². The third-order valence-corrected chi connectivity index (χ3v) is 6.42. The van der Waals surface area contributed by atoms with Gasteiger partial charge < -0.3 is 14.5 Å². The van der Waals surface area contributed by atoms with Crippen LogP contribution in [0.2, 0.25) is 0 Å². The molecular formula is C14H27N3O4S. The van der Waals surface area contributed by atoms with Gasteiger partial charge in [-0.25, -0.2) is 8.42 Å². The van der Waals surface area contributed by atoms with Crippen LogP contribution in [0, 0.1) is 5.92 Å². The van der Waals surface area contributed by atoms with Crippen molar-refractivity contribution in [3.63, 3.8) is 0 Å². The number of ether oxygens (including phenoxy) is 1. The highest BCUT2D eigenvalue weighted by Gasteiger charge is 2.34. The van der Waals surface area contributed by atoms with E-state index in [1.165, 1.54) is 4.31 Å². The normalized spacial score (nSPS) is 24.8. The Kier molecular flexibility index (Phi) is 6.19. The van der Waals surface area contributed by atoms with Gasteiger partial charge >= 0.3 is 0 Å². The number of nitrogens with zero attached hydrogens (tertiary/aromatic N) is 3. The molecule has 2 aliphatic rings. The lowest BCUT2D eigenvalue weighted by atomic mass is 10.1. The molecule has 22 heavy (non-hydrogen) atoms. The highest BCUT2D eigenvalue weighted by Crippen LogP contribution is 2.20. The minimum Gasteiger partial charge on any atom is -0.383 e. The van der Waals surface area contributed by atoms with E-state index in [1.54, 1.807) is 14.0 Å². The van der Waals surface area contributed by atoms with Crippen LogP contribution in [0.5, 0.6) is 0 Å². The highest BCUT2D eigenvalue weighted by atomic mass is 32.2. The number of hydrogen-bond donors (Lipinski definition) is 0. The van der Waals surface area contributed by atoms with Crippen LogP contribution < -0.4 is 0 Å². The number of rotatable bonds is 6. The molecule has 8 heteroatoms. The Morgan fingerprint density at radius 3 is 2.45 bits per heavy atom. The number of carbonyl (C=O) groups is 1. The molecule has 0 saturated carbocycles. The molecule has 1 amide bonds. The van der Waals surface area contributed by atoms with Crippen LogP contribution in [-0.2, 0) is 19.6 Å². The molecule has 0 unspecified atom stereocenters. The predicted octanol–water partition coefficient (Wildman–Crippen LogP) is -0.551. The SMILES string of the molecule is CCS(=O)(=O)N1CCN(C(=O)[C@@H]2CCN(CCOC)C2)CC1. The quantitative estimate of drug-likeness (QED) is 0.652. The second-order valence-electron chi connectivity index (χ2n) is 5.90. The summed E-state index contributed by atoms with van der Waals surface area (Å²) >= 11 is 0. The van der Waals surface area contributed by atoms with Crippen LogP contribution in [0.1, 0.15) is 13.3 Å². The van der Waals surface area contributed by atoms with E-state index >= 15 is 0 Å². The fourth-order valence-corrected chi connectivity index (χ4v) is 4.17. The van der Waals surface area contributed by atoms with Crippen molar-refractivity contribution in [3.05, 3.63) is 0 Å². The van der Waals surface area contributed by atoms with Gasteiger partial charge in [-0.05, 0) is 19.9 Å². The zero-order valence-electron chi connectivity index (χ0n) is 13.5. The maximum atomic E-state index is 12.5. The number of piperazine rings is 1. The molecule has 7 nitrogen and oxygen atoms in total. The van der Waals surface area contributed by atoms with E-state index in [1.807, 2.05) is 4.90 Å². The van der Waals surface area contributed by atoms with Crippen molar-refractivity contribution in [2.75, 3.05) is 65.3 Å². The average molecular weight is 333 g/mol. The van der Waals surface area contributed by atoms with E-state index in [4.69, 9.17) is 4.74 Å². The molecule has 0 aromatic carbocycles. The Hall–Kier alpha value is -0.700. The van der Waals surface area contributed by atoms with Crippen LogP contribution >= 0.6 is 0 Å². The number of amides is 1. The summed E-state index contributed by atoms with van der Waals surface area (Å²) in [5, 5.41) is 0. The molecule has 2 aliphatic heterocycles. The summed E-state index contributed by atoms with van der Waals surface area (Å²) in [6.07, 6.45) is 0.885. The van der Waals surface area contributed by atoms with E-state index < -0.39 is 10.0 Å². The van der Waals surface area contributed by atoms with Crippen molar-refractivity contribution < 1.29 is 17.9 Å². The lowest BCUT2D eigenvalue weighted by Crippen LogP contribution is -2.52. The summed E-state index contributed by atoms with van der Waals surface area (Å²) < 4.78 is 30.2. The van der Waals surface area contributed by atoms with Crippen LogP contribution in [0.25, 0.3) is 0 Å². The Bertz CT molecular complexity index is 474. The first-order chi connectivity index (χ1) is 10.5. The highest BCUT2D eigenvalue weighted by molar-refractivity contribution is 7.89. The molecule has 2 saturated heterocycles. The largest absolute Gasteiger partial charge is 0.383 e. The Balaban J connectivity index is 1.81. The molecule has 0 aliphatic carbocycles. The molecule has 0 spiro atoms. The second kappa shape index (κ2) is 7.72. The maximum absolute atomic E-state index is 12.5. The fraction of sp³-hybridized carbons (Fsp3) is 0.929. The molecule has 1 atom stereocenters. The molecule has 0 N–H and O–H groups in total. The van der Waals surface area contributed by atoms with E-state index in [0.29, 0.717) is 32.8 Å². The van der Waals surface area contributed by atoms with E-state index in [0.717, 1.165) is 26.1 Å². The third-order valence-electron chi connectivity index (χ3n) is 4.54. The Morgan fingerprint density at radius 2 is 1.86 bits per heavy atom. The average Bonchev–Trinajstić information content (AvgIpc) is 3.01. The van der Waals surface area contributed by atoms with Crippen molar-refractivity contribution >= 4 is 15.9 Å². The van der Waals surface area contributed by atoms with Gasteiger partial charge in [0, 0.05) is 46.4 Å².